The van der Waals surface area contributed by atoms with Gasteiger partial charge in [-0.3, -0.25) is 23.9 Å². The number of benzene rings is 1. The number of carbonyl (C=O) groups excluding carboxylic acids is 2. The highest BCUT2D eigenvalue weighted by atomic mass is 16.2. The number of hydrogen-bond acceptors (Lipinski definition) is 4. The molecule has 0 atom stereocenters. The van der Waals surface area contributed by atoms with Crippen LogP contribution < -0.4 is 16.6 Å². The zero-order valence-corrected chi connectivity index (χ0v) is 16.0. The van der Waals surface area contributed by atoms with Crippen molar-refractivity contribution in [1.29, 1.82) is 0 Å². The second kappa shape index (κ2) is 8.82. The fraction of sp³-hybridized carbons (Fsp3) is 0.429. The molecule has 1 amide bonds. The van der Waals surface area contributed by atoms with E-state index in [-0.39, 0.29) is 30.2 Å². The molecule has 3 rings (SSSR count). The van der Waals surface area contributed by atoms with Crippen LogP contribution in [0.4, 0.5) is 0 Å². The molecule has 0 saturated heterocycles. The van der Waals surface area contributed by atoms with E-state index in [1.165, 1.54) is 0 Å². The number of nitrogens with zero attached hydrogens (tertiary/aromatic N) is 1. The quantitative estimate of drug-likeness (QED) is 0.708. The van der Waals surface area contributed by atoms with Gasteiger partial charge in [-0.15, -0.1) is 0 Å². The number of aromatic amines is 1. The number of carbonyl (C=O) groups is 2. The van der Waals surface area contributed by atoms with Crippen molar-refractivity contribution in [2.75, 3.05) is 6.54 Å². The molecule has 0 bridgehead atoms. The van der Waals surface area contributed by atoms with Crippen molar-refractivity contribution in [3.05, 3.63) is 67.5 Å². The van der Waals surface area contributed by atoms with Crippen LogP contribution in [0.25, 0.3) is 0 Å². The summed E-state index contributed by atoms with van der Waals surface area (Å²) in [5.74, 6) is -0.369. The van der Waals surface area contributed by atoms with E-state index in [0.29, 0.717) is 36.9 Å². The van der Waals surface area contributed by atoms with E-state index in [0.717, 1.165) is 24.1 Å². The van der Waals surface area contributed by atoms with Gasteiger partial charge in [-0.1, -0.05) is 29.8 Å². The lowest BCUT2D eigenvalue weighted by molar-refractivity contribution is -0.121. The third-order valence-electron chi connectivity index (χ3n) is 5.11. The zero-order chi connectivity index (χ0) is 20.1. The highest BCUT2D eigenvalue weighted by Crippen LogP contribution is 2.16. The van der Waals surface area contributed by atoms with Gasteiger partial charge in [0.25, 0.3) is 5.56 Å². The number of Topliss-reactive ketones (excluding diaryl/α,β-unsaturated/α-hetero) is 1. The van der Waals surface area contributed by atoms with Crippen molar-refractivity contribution < 1.29 is 9.59 Å². The number of aryl methyl sites for hydroxylation is 1. The summed E-state index contributed by atoms with van der Waals surface area (Å²) in [6, 6.07) is 7.21. The summed E-state index contributed by atoms with van der Waals surface area (Å²) in [5.41, 5.74) is 2.43. The van der Waals surface area contributed by atoms with Gasteiger partial charge in [0, 0.05) is 29.8 Å². The largest absolute Gasteiger partial charge is 0.349 e. The van der Waals surface area contributed by atoms with Gasteiger partial charge in [0.15, 0.2) is 5.78 Å². The Morgan fingerprint density at radius 1 is 1.11 bits per heavy atom. The van der Waals surface area contributed by atoms with Crippen LogP contribution in [0.15, 0.2) is 33.9 Å². The molecule has 1 aliphatic carbocycles. The highest BCUT2D eigenvalue weighted by Gasteiger charge is 2.18. The average molecular weight is 383 g/mol. The molecular formula is C21H25N3O4. The van der Waals surface area contributed by atoms with E-state index in [1.807, 2.05) is 19.1 Å². The molecule has 7 nitrogen and oxygen atoms in total. The second-order valence-electron chi connectivity index (χ2n) is 7.21. The molecule has 1 heterocycles. The highest BCUT2D eigenvalue weighted by molar-refractivity contribution is 5.99. The van der Waals surface area contributed by atoms with Crippen LogP contribution in [-0.4, -0.2) is 27.8 Å². The predicted molar refractivity (Wildman–Crippen MR) is 106 cm³/mol. The lowest BCUT2D eigenvalue weighted by Crippen LogP contribution is -2.37. The van der Waals surface area contributed by atoms with E-state index < -0.39 is 5.69 Å². The number of aromatic nitrogens is 2. The van der Waals surface area contributed by atoms with Gasteiger partial charge < -0.3 is 5.32 Å². The Morgan fingerprint density at radius 2 is 1.82 bits per heavy atom. The maximum atomic E-state index is 12.1. The second-order valence-corrected chi connectivity index (χ2v) is 7.21. The zero-order valence-electron chi connectivity index (χ0n) is 16.0. The van der Waals surface area contributed by atoms with Crippen molar-refractivity contribution in [3.8, 4) is 0 Å². The Labute approximate surface area is 162 Å². The first-order valence-electron chi connectivity index (χ1n) is 9.67. The molecule has 0 radical (unpaired) electrons. The lowest BCUT2D eigenvalue weighted by Gasteiger charge is -2.19. The SMILES string of the molecule is Cc1ccc(C(=O)CNC(=O)CCCn2c3c(c(=O)[nH]c2=O)CCCC3)cc1. The summed E-state index contributed by atoms with van der Waals surface area (Å²) >= 11 is 0. The normalized spacial score (nSPS) is 13.0. The fourth-order valence-electron chi connectivity index (χ4n) is 3.54. The van der Waals surface area contributed by atoms with Gasteiger partial charge in [0.1, 0.15) is 0 Å². The van der Waals surface area contributed by atoms with Crippen molar-refractivity contribution >= 4 is 11.7 Å². The number of rotatable bonds is 7. The third-order valence-corrected chi connectivity index (χ3v) is 5.11. The topological polar surface area (TPSA) is 101 Å². The summed E-state index contributed by atoms with van der Waals surface area (Å²) in [6.45, 7) is 2.27. The van der Waals surface area contributed by atoms with E-state index in [9.17, 15) is 19.2 Å². The van der Waals surface area contributed by atoms with Crippen LogP contribution in [0.2, 0.25) is 0 Å². The number of amides is 1. The number of fused-ring (bicyclic) bond motifs is 1. The first-order chi connectivity index (χ1) is 13.5. The van der Waals surface area contributed by atoms with E-state index >= 15 is 0 Å². The molecule has 1 aromatic carbocycles. The molecule has 0 saturated carbocycles. The minimum absolute atomic E-state index is 0.0457. The van der Waals surface area contributed by atoms with Crippen molar-refractivity contribution in [3.63, 3.8) is 0 Å². The number of nitrogens with one attached hydrogen (secondary N) is 2. The van der Waals surface area contributed by atoms with Crippen LogP contribution in [0, 0.1) is 6.92 Å². The lowest BCUT2D eigenvalue weighted by atomic mass is 9.97. The molecule has 0 unspecified atom stereocenters. The molecule has 2 N–H and O–H groups in total. The molecule has 0 spiro atoms. The minimum atomic E-state index is -0.416. The van der Waals surface area contributed by atoms with Crippen LogP contribution in [0.5, 0.6) is 0 Å². The molecule has 148 valence electrons. The summed E-state index contributed by atoms with van der Waals surface area (Å²) in [6.07, 6.45) is 3.98. The first kappa shape index (κ1) is 19.8. The Morgan fingerprint density at radius 3 is 2.57 bits per heavy atom. The predicted octanol–water partition coefficient (Wildman–Crippen LogP) is 1.50. The first-order valence-corrected chi connectivity index (χ1v) is 9.67. The van der Waals surface area contributed by atoms with Crippen molar-refractivity contribution in [2.24, 2.45) is 0 Å². The Bertz CT molecular complexity index is 986. The smallest absolute Gasteiger partial charge is 0.328 e. The summed E-state index contributed by atoms with van der Waals surface area (Å²) in [7, 11) is 0. The molecule has 28 heavy (non-hydrogen) atoms. The van der Waals surface area contributed by atoms with Gasteiger partial charge in [0.2, 0.25) is 5.91 Å². The maximum absolute atomic E-state index is 12.1. The van der Waals surface area contributed by atoms with Crippen LogP contribution in [0.1, 0.15) is 52.9 Å². The molecule has 0 fully saturated rings. The van der Waals surface area contributed by atoms with E-state index in [4.69, 9.17) is 0 Å². The standard InChI is InChI=1S/C21H25N3O4/c1-14-8-10-15(11-9-14)18(25)13-22-19(26)7-4-12-24-17-6-3-2-5-16(17)20(27)23-21(24)28/h8-11H,2-7,12-13H2,1H3,(H,22,26)(H,23,27,28). The Kier molecular flexibility index (Phi) is 6.23. The molecule has 2 aromatic rings. The van der Waals surface area contributed by atoms with Gasteiger partial charge in [-0.05, 0) is 39.0 Å². The fourth-order valence-corrected chi connectivity index (χ4v) is 3.54. The van der Waals surface area contributed by atoms with Crippen molar-refractivity contribution in [1.82, 2.24) is 14.9 Å². The minimum Gasteiger partial charge on any atom is -0.349 e. The monoisotopic (exact) mass is 383 g/mol. The van der Waals surface area contributed by atoms with Gasteiger partial charge >= 0.3 is 5.69 Å². The van der Waals surface area contributed by atoms with Gasteiger partial charge in [-0.2, -0.15) is 0 Å². The summed E-state index contributed by atoms with van der Waals surface area (Å²) < 4.78 is 1.58. The molecule has 7 heteroatoms. The Hall–Kier alpha value is -2.96. The molecule has 0 aliphatic heterocycles. The van der Waals surface area contributed by atoms with Gasteiger partial charge in [0.05, 0.1) is 6.54 Å². The van der Waals surface area contributed by atoms with Crippen LogP contribution in [0.3, 0.4) is 0 Å². The Balaban J connectivity index is 1.52. The van der Waals surface area contributed by atoms with Crippen molar-refractivity contribution in [2.45, 2.75) is 52.0 Å². The van der Waals surface area contributed by atoms with E-state index in [2.05, 4.69) is 10.3 Å². The molecule has 1 aliphatic rings. The van der Waals surface area contributed by atoms with Crippen LogP contribution in [-0.2, 0) is 24.2 Å². The summed E-state index contributed by atoms with van der Waals surface area (Å²) in [5, 5.41) is 2.63. The number of ketones is 1. The third kappa shape index (κ3) is 4.65. The van der Waals surface area contributed by atoms with E-state index in [1.54, 1.807) is 16.7 Å². The van der Waals surface area contributed by atoms with Gasteiger partial charge in [-0.25, -0.2) is 4.79 Å². The molecular weight excluding hydrogens is 358 g/mol. The molecule has 1 aromatic heterocycles. The summed E-state index contributed by atoms with van der Waals surface area (Å²) in [4.78, 5) is 50.6. The maximum Gasteiger partial charge on any atom is 0.328 e. The van der Waals surface area contributed by atoms with Crippen LogP contribution >= 0.6 is 0 Å². The number of H-pyrrole nitrogens is 1. The average Bonchev–Trinajstić information content (AvgIpc) is 2.69. The number of hydrogen-bond donors (Lipinski definition) is 2.